The average Bonchev–Trinajstić information content (AvgIpc) is 2.37. The van der Waals surface area contributed by atoms with Crippen LogP contribution in [-0.4, -0.2) is 7.11 Å². The Bertz CT molecular complexity index is 625. The maximum atomic E-state index is 13.7. The maximum absolute atomic E-state index is 13.7. The summed E-state index contributed by atoms with van der Waals surface area (Å²) in [5.41, 5.74) is 5.74. The van der Waals surface area contributed by atoms with Crippen LogP contribution in [0.2, 0.25) is 5.02 Å². The zero-order valence-electron chi connectivity index (χ0n) is 10.5. The van der Waals surface area contributed by atoms with E-state index in [1.807, 2.05) is 0 Å². The van der Waals surface area contributed by atoms with E-state index in [-0.39, 0.29) is 0 Å². The number of benzene rings is 2. The minimum atomic E-state index is -1.16. The van der Waals surface area contributed by atoms with Crippen LogP contribution < -0.4 is 10.5 Å². The first-order chi connectivity index (χ1) is 9.43. The molecule has 2 N–H and O–H groups in total. The summed E-state index contributed by atoms with van der Waals surface area (Å²) in [5.74, 6) is -2.78. The molecule has 2 aromatic carbocycles. The van der Waals surface area contributed by atoms with Crippen molar-refractivity contribution in [2.45, 2.75) is 6.04 Å². The van der Waals surface area contributed by atoms with E-state index in [0.29, 0.717) is 28.5 Å². The fraction of sp³-hybridized carbons (Fsp3) is 0.143. The van der Waals surface area contributed by atoms with Gasteiger partial charge in [-0.3, -0.25) is 0 Å². The third kappa shape index (κ3) is 2.73. The molecule has 0 spiro atoms. The van der Waals surface area contributed by atoms with Crippen molar-refractivity contribution in [2.24, 2.45) is 5.73 Å². The summed E-state index contributed by atoms with van der Waals surface area (Å²) in [5, 5.41) is 0.346. The van der Waals surface area contributed by atoms with Crippen molar-refractivity contribution in [3.8, 4) is 5.75 Å². The smallest absolute Gasteiger partial charge is 0.134 e. The predicted octanol–water partition coefficient (Wildman–Crippen LogP) is 3.81. The van der Waals surface area contributed by atoms with Crippen LogP contribution in [0.25, 0.3) is 0 Å². The Balaban J connectivity index is 2.57. The highest BCUT2D eigenvalue weighted by molar-refractivity contribution is 6.30. The van der Waals surface area contributed by atoms with Crippen molar-refractivity contribution in [3.63, 3.8) is 0 Å². The number of ether oxygens (including phenoxy) is 1. The molecular formula is C14H11ClF3NO. The normalized spacial score (nSPS) is 12.3. The predicted molar refractivity (Wildman–Crippen MR) is 70.4 cm³/mol. The zero-order valence-corrected chi connectivity index (χ0v) is 11.2. The van der Waals surface area contributed by atoms with Gasteiger partial charge in [-0.1, -0.05) is 11.6 Å². The summed E-state index contributed by atoms with van der Waals surface area (Å²) in [6.45, 7) is 0. The molecule has 0 saturated heterocycles. The standard InChI is InChI=1S/C14H11ClF3NO/c1-20-12-3-2-7(15)4-9(12)14(19)13-10(17)5-8(16)6-11(13)18/h2-6,14H,19H2,1H3. The number of hydrogen-bond donors (Lipinski definition) is 1. The zero-order chi connectivity index (χ0) is 14.9. The van der Waals surface area contributed by atoms with Gasteiger partial charge in [-0.25, -0.2) is 13.2 Å². The quantitative estimate of drug-likeness (QED) is 0.935. The van der Waals surface area contributed by atoms with Crippen molar-refractivity contribution in [3.05, 3.63) is 63.9 Å². The highest BCUT2D eigenvalue weighted by Gasteiger charge is 2.22. The minimum absolute atomic E-state index is 0.310. The van der Waals surface area contributed by atoms with Crippen LogP contribution in [-0.2, 0) is 0 Å². The molecule has 0 aliphatic heterocycles. The summed E-state index contributed by atoms with van der Waals surface area (Å²) in [6, 6.07) is 4.55. The van der Waals surface area contributed by atoms with E-state index in [1.54, 1.807) is 6.07 Å². The van der Waals surface area contributed by atoms with Crippen LogP contribution in [0.1, 0.15) is 17.2 Å². The lowest BCUT2D eigenvalue weighted by atomic mass is 9.97. The van der Waals surface area contributed by atoms with E-state index in [1.165, 1.54) is 19.2 Å². The molecule has 0 aliphatic carbocycles. The molecule has 0 aliphatic rings. The molecular weight excluding hydrogens is 291 g/mol. The largest absolute Gasteiger partial charge is 0.496 e. The van der Waals surface area contributed by atoms with E-state index in [4.69, 9.17) is 22.1 Å². The molecule has 20 heavy (non-hydrogen) atoms. The second kappa shape index (κ2) is 5.73. The first-order valence-corrected chi connectivity index (χ1v) is 6.05. The SMILES string of the molecule is COc1ccc(Cl)cc1C(N)c1c(F)cc(F)cc1F. The second-order valence-electron chi connectivity index (χ2n) is 4.15. The van der Waals surface area contributed by atoms with E-state index < -0.39 is 29.1 Å². The molecule has 0 aromatic heterocycles. The number of halogens is 4. The molecule has 1 unspecified atom stereocenters. The fourth-order valence-corrected chi connectivity index (χ4v) is 2.13. The Morgan fingerprint density at radius 3 is 2.25 bits per heavy atom. The summed E-state index contributed by atoms with van der Waals surface area (Å²) in [4.78, 5) is 0. The molecule has 0 fully saturated rings. The second-order valence-corrected chi connectivity index (χ2v) is 4.58. The van der Waals surface area contributed by atoms with Gasteiger partial charge in [0, 0.05) is 28.3 Å². The first-order valence-electron chi connectivity index (χ1n) is 5.67. The van der Waals surface area contributed by atoms with Crippen molar-refractivity contribution >= 4 is 11.6 Å². The summed E-state index contributed by atoms with van der Waals surface area (Å²) < 4.78 is 45.5. The monoisotopic (exact) mass is 301 g/mol. The van der Waals surface area contributed by atoms with Crippen molar-refractivity contribution in [2.75, 3.05) is 7.11 Å². The third-order valence-corrected chi connectivity index (χ3v) is 3.12. The Morgan fingerprint density at radius 2 is 1.70 bits per heavy atom. The number of methoxy groups -OCH3 is 1. The topological polar surface area (TPSA) is 35.2 Å². The van der Waals surface area contributed by atoms with Gasteiger partial charge in [0.25, 0.3) is 0 Å². The molecule has 2 aromatic rings. The molecule has 0 saturated carbocycles. The van der Waals surface area contributed by atoms with Gasteiger partial charge in [0.05, 0.1) is 13.2 Å². The molecule has 6 heteroatoms. The van der Waals surface area contributed by atoms with Gasteiger partial charge in [-0.05, 0) is 18.2 Å². The Morgan fingerprint density at radius 1 is 1.10 bits per heavy atom. The van der Waals surface area contributed by atoms with E-state index >= 15 is 0 Å². The molecule has 2 nitrogen and oxygen atoms in total. The number of nitrogens with two attached hydrogens (primary N) is 1. The van der Waals surface area contributed by atoms with E-state index in [0.717, 1.165) is 0 Å². The highest BCUT2D eigenvalue weighted by Crippen LogP contribution is 2.33. The third-order valence-electron chi connectivity index (χ3n) is 2.88. The Kier molecular flexibility index (Phi) is 4.20. The summed E-state index contributed by atoms with van der Waals surface area (Å²) in [6.07, 6.45) is 0. The number of rotatable bonds is 3. The maximum Gasteiger partial charge on any atom is 0.134 e. The summed E-state index contributed by atoms with van der Waals surface area (Å²) >= 11 is 5.85. The van der Waals surface area contributed by atoms with Crippen LogP contribution in [0.15, 0.2) is 30.3 Å². The molecule has 0 bridgehead atoms. The lowest BCUT2D eigenvalue weighted by molar-refractivity contribution is 0.406. The van der Waals surface area contributed by atoms with Crippen LogP contribution in [0, 0.1) is 17.5 Å². The van der Waals surface area contributed by atoms with Gasteiger partial charge >= 0.3 is 0 Å². The highest BCUT2D eigenvalue weighted by atomic mass is 35.5. The van der Waals surface area contributed by atoms with Gasteiger partial charge in [0.1, 0.15) is 23.2 Å². The molecule has 0 radical (unpaired) electrons. The van der Waals surface area contributed by atoms with Gasteiger partial charge in [0.2, 0.25) is 0 Å². The van der Waals surface area contributed by atoms with Crippen LogP contribution in [0.4, 0.5) is 13.2 Å². The lowest BCUT2D eigenvalue weighted by Crippen LogP contribution is -2.17. The Labute approximate surface area is 118 Å². The Hall–Kier alpha value is -1.72. The van der Waals surface area contributed by atoms with Crippen molar-refractivity contribution < 1.29 is 17.9 Å². The van der Waals surface area contributed by atoms with Crippen molar-refractivity contribution in [1.82, 2.24) is 0 Å². The van der Waals surface area contributed by atoms with Gasteiger partial charge in [-0.2, -0.15) is 0 Å². The number of hydrogen-bond acceptors (Lipinski definition) is 2. The molecule has 0 heterocycles. The summed E-state index contributed by atoms with van der Waals surface area (Å²) in [7, 11) is 1.40. The lowest BCUT2D eigenvalue weighted by Gasteiger charge is -2.17. The van der Waals surface area contributed by atoms with Crippen LogP contribution in [0.3, 0.4) is 0 Å². The van der Waals surface area contributed by atoms with Crippen molar-refractivity contribution in [1.29, 1.82) is 0 Å². The van der Waals surface area contributed by atoms with E-state index in [2.05, 4.69) is 0 Å². The minimum Gasteiger partial charge on any atom is -0.496 e. The van der Waals surface area contributed by atoms with Gasteiger partial charge in [-0.15, -0.1) is 0 Å². The molecule has 0 amide bonds. The molecule has 1 atom stereocenters. The van der Waals surface area contributed by atoms with Gasteiger partial charge in [0.15, 0.2) is 0 Å². The molecule has 2 rings (SSSR count). The van der Waals surface area contributed by atoms with Crippen LogP contribution in [0.5, 0.6) is 5.75 Å². The van der Waals surface area contributed by atoms with E-state index in [9.17, 15) is 13.2 Å². The fourth-order valence-electron chi connectivity index (χ4n) is 1.95. The average molecular weight is 302 g/mol. The molecule has 106 valence electrons. The first kappa shape index (κ1) is 14.7. The van der Waals surface area contributed by atoms with Gasteiger partial charge < -0.3 is 10.5 Å². The van der Waals surface area contributed by atoms with Crippen LogP contribution >= 0.6 is 11.6 Å².